The first kappa shape index (κ1) is 72.7. The van der Waals surface area contributed by atoms with Gasteiger partial charge in [-0.2, -0.15) is 0 Å². The van der Waals surface area contributed by atoms with Crippen molar-refractivity contribution in [1.29, 1.82) is 0 Å². The molecule has 0 aromatic heterocycles. The normalized spacial score (nSPS) is 14.0. The topological polar surface area (TPSA) is 111 Å². The molecule has 0 fully saturated rings. The zero-order chi connectivity index (χ0) is 55.6. The number of phosphoric acid groups is 1. The van der Waals surface area contributed by atoms with Gasteiger partial charge in [0.2, 0.25) is 0 Å². The molecule has 0 saturated carbocycles. The van der Waals surface area contributed by atoms with Gasteiger partial charge in [-0.25, -0.2) is 0 Å². The average molecular weight is 1080 g/mol. The third-order valence-electron chi connectivity index (χ3n) is 12.8. The van der Waals surface area contributed by atoms with Gasteiger partial charge in [0.05, 0.1) is 27.7 Å². The van der Waals surface area contributed by atoms with Gasteiger partial charge in [-0.05, 0) is 96.3 Å². The number of esters is 2. The van der Waals surface area contributed by atoms with Crippen molar-refractivity contribution < 1.29 is 42.1 Å². The second kappa shape index (κ2) is 56.4. The minimum absolute atomic E-state index is 0.0387. The maximum atomic E-state index is 12.8. The number of rotatable bonds is 55. The van der Waals surface area contributed by atoms with Crippen molar-refractivity contribution >= 4 is 19.8 Å². The molecular weight excluding hydrogens is 966 g/mol. The highest BCUT2D eigenvalue weighted by molar-refractivity contribution is 7.45. The van der Waals surface area contributed by atoms with E-state index in [1.165, 1.54) is 103 Å². The summed E-state index contributed by atoms with van der Waals surface area (Å²) in [7, 11) is 1.14. The highest BCUT2D eigenvalue weighted by atomic mass is 31.2. The molecule has 0 rings (SSSR count). The van der Waals surface area contributed by atoms with Crippen LogP contribution in [0.15, 0.2) is 109 Å². The monoisotopic (exact) mass is 1080 g/mol. The lowest BCUT2D eigenvalue weighted by Crippen LogP contribution is -2.37. The van der Waals surface area contributed by atoms with Gasteiger partial charge in [0.1, 0.15) is 19.8 Å². The molecule has 9 nitrogen and oxygen atoms in total. The van der Waals surface area contributed by atoms with Crippen LogP contribution in [0.1, 0.15) is 245 Å². The lowest BCUT2D eigenvalue weighted by atomic mass is 10.0. The number of unbranched alkanes of at least 4 members (excludes halogenated alkanes) is 23. The molecule has 0 N–H and O–H groups in total. The summed E-state index contributed by atoms with van der Waals surface area (Å²) in [6.07, 6.45) is 78.7. The number of ether oxygens (including phenoxy) is 2. The van der Waals surface area contributed by atoms with Crippen LogP contribution < -0.4 is 4.89 Å². The lowest BCUT2D eigenvalue weighted by Gasteiger charge is -2.28. The number of hydrogen-bond donors (Lipinski definition) is 0. The summed E-state index contributed by atoms with van der Waals surface area (Å²) in [6.45, 7) is 3.99. The molecule has 0 spiro atoms. The molecule has 2 atom stereocenters. The van der Waals surface area contributed by atoms with E-state index in [0.29, 0.717) is 23.9 Å². The first-order chi connectivity index (χ1) is 37.0. The summed E-state index contributed by atoms with van der Waals surface area (Å²) in [5.41, 5.74) is 0. The largest absolute Gasteiger partial charge is 0.756 e. The Morgan fingerprint density at radius 3 is 1.05 bits per heavy atom. The van der Waals surface area contributed by atoms with Crippen LogP contribution in [0.5, 0.6) is 0 Å². The fourth-order valence-electron chi connectivity index (χ4n) is 8.15. The molecular formula is C66H114NO8P. The summed E-state index contributed by atoms with van der Waals surface area (Å²) in [4.78, 5) is 37.9. The summed E-state index contributed by atoms with van der Waals surface area (Å²) in [5.74, 6) is -0.861. The van der Waals surface area contributed by atoms with Crippen molar-refractivity contribution in [3.63, 3.8) is 0 Å². The van der Waals surface area contributed by atoms with Crippen LogP contribution >= 0.6 is 7.82 Å². The number of hydrogen-bond acceptors (Lipinski definition) is 8. The smallest absolute Gasteiger partial charge is 0.306 e. The van der Waals surface area contributed by atoms with E-state index in [1.54, 1.807) is 0 Å². The zero-order valence-corrected chi connectivity index (χ0v) is 50.3. The van der Waals surface area contributed by atoms with Crippen molar-refractivity contribution in [2.24, 2.45) is 0 Å². The van der Waals surface area contributed by atoms with Crippen molar-refractivity contribution in [1.82, 2.24) is 0 Å². The number of likely N-dealkylation sites (N-methyl/N-ethyl adjacent to an activating group) is 1. The zero-order valence-electron chi connectivity index (χ0n) is 49.4. The molecule has 0 aliphatic carbocycles. The predicted molar refractivity (Wildman–Crippen MR) is 323 cm³/mol. The van der Waals surface area contributed by atoms with Crippen LogP contribution in [-0.4, -0.2) is 70.0 Å². The molecule has 2 unspecified atom stereocenters. The summed E-state index contributed by atoms with van der Waals surface area (Å²) >= 11 is 0. The van der Waals surface area contributed by atoms with Crippen LogP contribution in [0.4, 0.5) is 0 Å². The highest BCUT2D eigenvalue weighted by Crippen LogP contribution is 2.38. The van der Waals surface area contributed by atoms with E-state index < -0.39 is 32.5 Å². The Hall–Kier alpha value is -3.33. The van der Waals surface area contributed by atoms with E-state index in [1.807, 2.05) is 21.1 Å². The van der Waals surface area contributed by atoms with E-state index in [2.05, 4.69) is 123 Å². The Bertz CT molecular complexity index is 1650. The van der Waals surface area contributed by atoms with Crippen molar-refractivity contribution in [3.8, 4) is 0 Å². The van der Waals surface area contributed by atoms with Crippen molar-refractivity contribution in [2.75, 3.05) is 47.5 Å². The Balaban J connectivity index is 4.06. The molecule has 0 aliphatic rings. The SMILES string of the molecule is CC/C=C\C/C=C\C/C=C\C/C=C\C/C=C\CCCCCCCCCCCCCCCCCCCCCC(=O)OC(COC(=O)CCCCCC/C=C\C/C=C\C/C=C\C/C=C\CC)COP(=O)([O-])OCC[N+](C)(C)C. The summed E-state index contributed by atoms with van der Waals surface area (Å²) in [5, 5.41) is 0. The van der Waals surface area contributed by atoms with E-state index in [-0.39, 0.29) is 26.1 Å². The molecule has 10 heteroatoms. The van der Waals surface area contributed by atoms with Crippen molar-refractivity contribution in [2.45, 2.75) is 251 Å². The number of quaternary nitrogens is 1. The van der Waals surface area contributed by atoms with Gasteiger partial charge in [0.15, 0.2) is 6.10 Å². The fourth-order valence-corrected chi connectivity index (χ4v) is 8.87. The fraction of sp³-hybridized carbons (Fsp3) is 0.697. The minimum Gasteiger partial charge on any atom is -0.756 e. The van der Waals surface area contributed by atoms with Gasteiger partial charge in [-0.3, -0.25) is 14.2 Å². The Kier molecular flexibility index (Phi) is 53.9. The molecule has 0 heterocycles. The van der Waals surface area contributed by atoms with Gasteiger partial charge < -0.3 is 27.9 Å². The molecule has 76 heavy (non-hydrogen) atoms. The Morgan fingerprint density at radius 2 is 0.711 bits per heavy atom. The van der Waals surface area contributed by atoms with Crippen LogP contribution in [-0.2, 0) is 32.7 Å². The summed E-state index contributed by atoms with van der Waals surface area (Å²) < 4.78 is 34.1. The molecule has 0 radical (unpaired) electrons. The average Bonchev–Trinajstić information content (AvgIpc) is 3.38. The number of allylic oxidation sites excluding steroid dienone is 18. The van der Waals surface area contributed by atoms with Crippen LogP contribution in [0.2, 0.25) is 0 Å². The molecule has 0 aliphatic heterocycles. The van der Waals surface area contributed by atoms with Crippen molar-refractivity contribution in [3.05, 3.63) is 109 Å². The number of carbonyl (C=O) groups is 2. The number of nitrogens with zero attached hydrogens (tertiary/aromatic N) is 1. The maximum Gasteiger partial charge on any atom is 0.306 e. The molecule has 0 bridgehead atoms. The highest BCUT2D eigenvalue weighted by Gasteiger charge is 2.22. The lowest BCUT2D eigenvalue weighted by molar-refractivity contribution is -0.870. The molecule has 436 valence electrons. The van der Waals surface area contributed by atoms with Crippen LogP contribution in [0, 0.1) is 0 Å². The third-order valence-corrected chi connectivity index (χ3v) is 13.8. The Morgan fingerprint density at radius 1 is 0.408 bits per heavy atom. The second-order valence-electron chi connectivity index (χ2n) is 21.3. The first-order valence-electron chi connectivity index (χ1n) is 30.6. The molecule has 0 aromatic carbocycles. The van der Waals surface area contributed by atoms with Gasteiger partial charge >= 0.3 is 11.9 Å². The second-order valence-corrected chi connectivity index (χ2v) is 22.7. The number of carbonyl (C=O) groups excluding carboxylic acids is 2. The predicted octanol–water partition coefficient (Wildman–Crippen LogP) is 18.7. The van der Waals surface area contributed by atoms with Crippen LogP contribution in [0.25, 0.3) is 0 Å². The minimum atomic E-state index is -4.65. The summed E-state index contributed by atoms with van der Waals surface area (Å²) in [6, 6.07) is 0. The molecule has 0 amide bonds. The van der Waals surface area contributed by atoms with Gasteiger partial charge in [0.25, 0.3) is 7.82 Å². The Labute approximate surface area is 467 Å². The first-order valence-corrected chi connectivity index (χ1v) is 32.1. The van der Waals surface area contributed by atoms with E-state index >= 15 is 0 Å². The quantitative estimate of drug-likeness (QED) is 0.0195. The molecule has 0 aromatic rings. The van der Waals surface area contributed by atoms with E-state index in [9.17, 15) is 19.0 Å². The standard InChI is InChI=1S/C66H114NO8P/c1-6-8-10-12-14-16-18-20-22-24-25-26-27-28-29-30-31-32-33-34-35-36-37-38-39-40-41-43-45-47-49-51-53-55-57-59-66(69)75-64(63-74-76(70,71)73-61-60-67(3,4)5)62-72-65(68)58-56-54-52-50-48-46-44-42-23-21-19-17-15-13-11-9-7-2/h8-11,14-17,20-23,25-26,28-29,44,46,64H,6-7,12-13,18-19,24,27,30-43,45,47-63H2,1-5H3/b10-8-,11-9-,16-14-,17-15-,22-20-,23-21-,26-25-,29-28-,46-44-. The van der Waals surface area contributed by atoms with Gasteiger partial charge in [0, 0.05) is 12.8 Å². The third kappa shape index (κ3) is 59.9. The van der Waals surface area contributed by atoms with Crippen LogP contribution in [0.3, 0.4) is 0 Å². The number of phosphoric ester groups is 1. The van der Waals surface area contributed by atoms with E-state index in [4.69, 9.17) is 18.5 Å². The van der Waals surface area contributed by atoms with E-state index in [0.717, 1.165) is 103 Å². The van der Waals surface area contributed by atoms with Gasteiger partial charge in [-0.1, -0.05) is 245 Å². The molecule has 0 saturated heterocycles. The maximum absolute atomic E-state index is 12.8. The van der Waals surface area contributed by atoms with Gasteiger partial charge in [-0.15, -0.1) is 0 Å².